The molecule has 1 aliphatic rings. The first-order valence-corrected chi connectivity index (χ1v) is 8.48. The van der Waals surface area contributed by atoms with Gasteiger partial charge in [-0.25, -0.2) is 8.78 Å². The topological polar surface area (TPSA) is 20.3 Å². The summed E-state index contributed by atoms with van der Waals surface area (Å²) in [5.74, 6) is -1.66. The van der Waals surface area contributed by atoms with Crippen LogP contribution < -0.4 is 4.90 Å². The third kappa shape index (κ3) is 3.59. The maximum atomic E-state index is 14.3. The van der Waals surface area contributed by atoms with E-state index in [-0.39, 0.29) is 17.6 Å². The van der Waals surface area contributed by atoms with E-state index in [1.54, 1.807) is 24.3 Å². The third-order valence-electron chi connectivity index (χ3n) is 4.42. The SMILES string of the molecule is O=C(c1ccc(Cl)cc1)N(c1ccc(F)cc1F)C1CCCCC1. The minimum atomic E-state index is -0.720. The van der Waals surface area contributed by atoms with E-state index in [0.29, 0.717) is 10.6 Å². The Kier molecular flexibility index (Phi) is 5.14. The molecule has 0 aliphatic heterocycles. The van der Waals surface area contributed by atoms with Gasteiger partial charge in [0.1, 0.15) is 11.6 Å². The molecule has 0 radical (unpaired) electrons. The van der Waals surface area contributed by atoms with Crippen LogP contribution >= 0.6 is 11.6 Å². The Labute approximate surface area is 145 Å². The zero-order valence-corrected chi connectivity index (χ0v) is 13.9. The number of carbonyl (C=O) groups excluding carboxylic acids is 1. The number of amides is 1. The molecule has 24 heavy (non-hydrogen) atoms. The Bertz CT molecular complexity index is 727. The fourth-order valence-corrected chi connectivity index (χ4v) is 3.35. The molecule has 126 valence electrons. The molecular weight excluding hydrogens is 332 g/mol. The van der Waals surface area contributed by atoms with Crippen LogP contribution in [-0.4, -0.2) is 11.9 Å². The summed E-state index contributed by atoms with van der Waals surface area (Å²) in [4.78, 5) is 14.5. The van der Waals surface area contributed by atoms with Crippen molar-refractivity contribution >= 4 is 23.2 Å². The van der Waals surface area contributed by atoms with E-state index < -0.39 is 11.6 Å². The molecule has 1 saturated carbocycles. The van der Waals surface area contributed by atoms with Crippen LogP contribution in [0.3, 0.4) is 0 Å². The Morgan fingerprint density at radius 1 is 1.00 bits per heavy atom. The molecule has 5 heteroatoms. The van der Waals surface area contributed by atoms with Crippen LogP contribution in [0.1, 0.15) is 42.5 Å². The fraction of sp³-hybridized carbons (Fsp3) is 0.316. The molecule has 3 rings (SSSR count). The summed E-state index contributed by atoms with van der Waals surface area (Å²) < 4.78 is 27.6. The molecule has 0 N–H and O–H groups in total. The monoisotopic (exact) mass is 349 g/mol. The molecule has 2 aromatic carbocycles. The van der Waals surface area contributed by atoms with Crippen molar-refractivity contribution in [2.75, 3.05) is 4.90 Å². The molecule has 1 aliphatic carbocycles. The van der Waals surface area contributed by atoms with Crippen LogP contribution in [0, 0.1) is 11.6 Å². The lowest BCUT2D eigenvalue weighted by molar-refractivity contribution is 0.0969. The van der Waals surface area contributed by atoms with Crippen molar-refractivity contribution in [3.05, 3.63) is 64.7 Å². The average Bonchev–Trinajstić information content (AvgIpc) is 2.58. The van der Waals surface area contributed by atoms with Gasteiger partial charge in [-0.1, -0.05) is 30.9 Å². The second-order valence-corrected chi connectivity index (χ2v) is 6.51. The second kappa shape index (κ2) is 7.31. The van der Waals surface area contributed by atoms with E-state index in [9.17, 15) is 13.6 Å². The van der Waals surface area contributed by atoms with E-state index in [1.165, 1.54) is 17.0 Å². The van der Waals surface area contributed by atoms with Crippen molar-refractivity contribution in [2.45, 2.75) is 38.1 Å². The van der Waals surface area contributed by atoms with Crippen molar-refractivity contribution in [2.24, 2.45) is 0 Å². The zero-order chi connectivity index (χ0) is 17.1. The molecule has 0 aromatic heterocycles. The minimum absolute atomic E-state index is 0.0816. The number of rotatable bonds is 3. The van der Waals surface area contributed by atoms with Gasteiger partial charge in [0.15, 0.2) is 0 Å². The average molecular weight is 350 g/mol. The second-order valence-electron chi connectivity index (χ2n) is 6.07. The number of anilines is 1. The summed E-state index contributed by atoms with van der Waals surface area (Å²) in [6.45, 7) is 0. The van der Waals surface area contributed by atoms with Crippen LogP contribution in [0.2, 0.25) is 5.02 Å². The molecule has 1 fully saturated rings. The van der Waals surface area contributed by atoms with Crippen molar-refractivity contribution in [3.8, 4) is 0 Å². The lowest BCUT2D eigenvalue weighted by atomic mass is 9.93. The largest absolute Gasteiger partial charge is 0.302 e. The van der Waals surface area contributed by atoms with E-state index in [4.69, 9.17) is 11.6 Å². The Hall–Kier alpha value is -1.94. The van der Waals surface area contributed by atoms with E-state index in [2.05, 4.69) is 0 Å². The van der Waals surface area contributed by atoms with Gasteiger partial charge in [-0.05, 0) is 49.2 Å². The molecule has 0 bridgehead atoms. The smallest absolute Gasteiger partial charge is 0.258 e. The van der Waals surface area contributed by atoms with Gasteiger partial charge < -0.3 is 4.90 Å². The predicted molar refractivity (Wildman–Crippen MR) is 91.5 cm³/mol. The Morgan fingerprint density at radius 3 is 2.29 bits per heavy atom. The van der Waals surface area contributed by atoms with Crippen molar-refractivity contribution < 1.29 is 13.6 Å². The van der Waals surface area contributed by atoms with Gasteiger partial charge >= 0.3 is 0 Å². The summed E-state index contributed by atoms with van der Waals surface area (Å²) in [6.07, 6.45) is 4.74. The van der Waals surface area contributed by atoms with Crippen molar-refractivity contribution in [1.29, 1.82) is 0 Å². The third-order valence-corrected chi connectivity index (χ3v) is 4.67. The number of nitrogens with zero attached hydrogens (tertiary/aromatic N) is 1. The maximum Gasteiger partial charge on any atom is 0.258 e. The van der Waals surface area contributed by atoms with Gasteiger partial charge in [-0.15, -0.1) is 0 Å². The number of hydrogen-bond donors (Lipinski definition) is 0. The highest BCUT2D eigenvalue weighted by atomic mass is 35.5. The quantitative estimate of drug-likeness (QED) is 0.706. The number of hydrogen-bond acceptors (Lipinski definition) is 1. The fourth-order valence-electron chi connectivity index (χ4n) is 3.22. The van der Waals surface area contributed by atoms with Crippen LogP contribution in [0.5, 0.6) is 0 Å². The van der Waals surface area contributed by atoms with Gasteiger partial charge in [-0.2, -0.15) is 0 Å². The van der Waals surface area contributed by atoms with Gasteiger partial charge in [0.05, 0.1) is 5.69 Å². The van der Waals surface area contributed by atoms with Crippen LogP contribution in [0.4, 0.5) is 14.5 Å². The highest BCUT2D eigenvalue weighted by Crippen LogP contribution is 2.31. The van der Waals surface area contributed by atoms with E-state index in [1.807, 2.05) is 0 Å². The summed E-state index contributed by atoms with van der Waals surface area (Å²) in [5.41, 5.74) is 0.567. The van der Waals surface area contributed by atoms with Crippen molar-refractivity contribution in [1.82, 2.24) is 0 Å². The molecular formula is C19H18ClF2NO. The molecule has 0 unspecified atom stereocenters. The van der Waals surface area contributed by atoms with Gasteiger partial charge in [0.2, 0.25) is 0 Å². The minimum Gasteiger partial charge on any atom is -0.302 e. The molecule has 2 aromatic rings. The Morgan fingerprint density at radius 2 is 1.67 bits per heavy atom. The van der Waals surface area contributed by atoms with Crippen LogP contribution in [-0.2, 0) is 0 Å². The predicted octanol–water partition coefficient (Wildman–Crippen LogP) is 5.60. The first-order valence-electron chi connectivity index (χ1n) is 8.10. The summed E-state index contributed by atoms with van der Waals surface area (Å²) in [6, 6.07) is 9.78. The van der Waals surface area contributed by atoms with Crippen LogP contribution in [0.15, 0.2) is 42.5 Å². The summed E-state index contributed by atoms with van der Waals surface area (Å²) in [5, 5.41) is 0.531. The van der Waals surface area contributed by atoms with Crippen LogP contribution in [0.25, 0.3) is 0 Å². The first kappa shape index (κ1) is 16.9. The molecule has 0 saturated heterocycles. The molecule has 0 atom stereocenters. The lowest BCUT2D eigenvalue weighted by Gasteiger charge is -2.34. The highest BCUT2D eigenvalue weighted by Gasteiger charge is 2.29. The van der Waals surface area contributed by atoms with Crippen molar-refractivity contribution in [3.63, 3.8) is 0 Å². The van der Waals surface area contributed by atoms with Gasteiger partial charge in [0.25, 0.3) is 5.91 Å². The molecule has 1 amide bonds. The Balaban J connectivity index is 2.00. The highest BCUT2D eigenvalue weighted by molar-refractivity contribution is 6.30. The normalized spacial score (nSPS) is 15.3. The lowest BCUT2D eigenvalue weighted by Crippen LogP contribution is -2.42. The van der Waals surface area contributed by atoms with Gasteiger partial charge in [-0.3, -0.25) is 4.79 Å². The molecule has 0 heterocycles. The summed E-state index contributed by atoms with van der Waals surface area (Å²) >= 11 is 5.88. The van der Waals surface area contributed by atoms with E-state index >= 15 is 0 Å². The van der Waals surface area contributed by atoms with Gasteiger partial charge in [0, 0.05) is 22.7 Å². The number of benzene rings is 2. The summed E-state index contributed by atoms with van der Waals surface area (Å²) in [7, 11) is 0. The maximum absolute atomic E-state index is 14.3. The first-order chi connectivity index (χ1) is 11.6. The zero-order valence-electron chi connectivity index (χ0n) is 13.1. The van der Waals surface area contributed by atoms with E-state index in [0.717, 1.165) is 38.2 Å². The standard InChI is InChI=1S/C19H18ClF2NO/c20-14-8-6-13(7-9-14)19(24)23(16-4-2-1-3-5-16)18-11-10-15(21)12-17(18)22/h6-12,16H,1-5H2. The molecule has 2 nitrogen and oxygen atoms in total. The number of halogens is 3. The molecule has 0 spiro atoms. The number of carbonyl (C=O) groups is 1.